The number of pyridine rings is 1. The van der Waals surface area contributed by atoms with Crippen LogP contribution in [0, 0.1) is 6.92 Å². The molecule has 3 aromatic rings. The Bertz CT molecular complexity index is 917. The summed E-state index contributed by atoms with van der Waals surface area (Å²) in [6, 6.07) is 16.4. The van der Waals surface area contributed by atoms with Crippen molar-refractivity contribution in [3.63, 3.8) is 0 Å². The first-order valence-electron chi connectivity index (χ1n) is 9.15. The van der Waals surface area contributed by atoms with E-state index in [2.05, 4.69) is 36.1 Å². The van der Waals surface area contributed by atoms with Crippen molar-refractivity contribution in [3.8, 4) is 11.5 Å². The third-order valence-corrected chi connectivity index (χ3v) is 4.89. The minimum Gasteiger partial charge on any atom is -0.493 e. The first-order chi connectivity index (χ1) is 12.7. The van der Waals surface area contributed by atoms with Gasteiger partial charge in [0.25, 0.3) is 0 Å². The SMILES string of the molecule is COc1ccccc1OCc1ccc2c(N3CCCC3)cc(C)nc2c1. The Kier molecular flexibility index (Phi) is 4.65. The quantitative estimate of drug-likeness (QED) is 0.667. The molecule has 0 N–H and O–H groups in total. The van der Waals surface area contributed by atoms with Crippen LogP contribution in [0.25, 0.3) is 10.9 Å². The monoisotopic (exact) mass is 348 g/mol. The first kappa shape index (κ1) is 16.7. The molecule has 0 atom stereocenters. The van der Waals surface area contributed by atoms with Crippen LogP contribution in [-0.4, -0.2) is 25.2 Å². The van der Waals surface area contributed by atoms with Crippen LogP contribution in [0.15, 0.2) is 48.5 Å². The molecule has 0 bridgehead atoms. The van der Waals surface area contributed by atoms with Crippen LogP contribution in [0.1, 0.15) is 24.1 Å². The van der Waals surface area contributed by atoms with Gasteiger partial charge in [-0.3, -0.25) is 4.98 Å². The summed E-state index contributed by atoms with van der Waals surface area (Å²) in [5.74, 6) is 1.50. The third kappa shape index (κ3) is 3.32. The highest BCUT2D eigenvalue weighted by Crippen LogP contribution is 2.31. The summed E-state index contributed by atoms with van der Waals surface area (Å²) < 4.78 is 11.3. The number of anilines is 1. The van der Waals surface area contributed by atoms with Crippen molar-refractivity contribution in [2.24, 2.45) is 0 Å². The van der Waals surface area contributed by atoms with Crippen LogP contribution in [0.5, 0.6) is 11.5 Å². The van der Waals surface area contributed by atoms with E-state index in [0.717, 1.165) is 41.4 Å². The molecule has 0 radical (unpaired) electrons. The van der Waals surface area contributed by atoms with E-state index in [9.17, 15) is 0 Å². The number of benzene rings is 2. The highest BCUT2D eigenvalue weighted by molar-refractivity contribution is 5.92. The van der Waals surface area contributed by atoms with Crippen molar-refractivity contribution in [2.75, 3.05) is 25.1 Å². The summed E-state index contributed by atoms with van der Waals surface area (Å²) in [5.41, 5.74) is 4.51. The minimum atomic E-state index is 0.491. The highest BCUT2D eigenvalue weighted by Gasteiger charge is 2.16. The van der Waals surface area contributed by atoms with E-state index in [4.69, 9.17) is 14.5 Å². The molecule has 1 aliphatic rings. The maximum atomic E-state index is 5.96. The van der Waals surface area contributed by atoms with Gasteiger partial charge in [0.15, 0.2) is 11.5 Å². The lowest BCUT2D eigenvalue weighted by Crippen LogP contribution is -2.18. The normalized spacial score (nSPS) is 14.0. The fraction of sp³-hybridized carbons (Fsp3) is 0.318. The zero-order chi connectivity index (χ0) is 17.9. The number of aromatic nitrogens is 1. The molecule has 1 aliphatic heterocycles. The smallest absolute Gasteiger partial charge is 0.161 e. The molecule has 26 heavy (non-hydrogen) atoms. The van der Waals surface area contributed by atoms with E-state index in [1.807, 2.05) is 24.3 Å². The average Bonchev–Trinajstić information content (AvgIpc) is 3.20. The molecule has 1 fully saturated rings. The van der Waals surface area contributed by atoms with Crippen LogP contribution in [0.2, 0.25) is 0 Å². The number of ether oxygens (including phenoxy) is 2. The maximum absolute atomic E-state index is 5.96. The van der Waals surface area contributed by atoms with Gasteiger partial charge in [0.05, 0.1) is 12.6 Å². The lowest BCUT2D eigenvalue weighted by atomic mass is 10.1. The molecule has 4 rings (SSSR count). The third-order valence-electron chi connectivity index (χ3n) is 4.89. The molecule has 0 unspecified atom stereocenters. The Morgan fingerprint density at radius 3 is 2.54 bits per heavy atom. The van der Waals surface area contributed by atoms with Crippen LogP contribution in [-0.2, 0) is 6.61 Å². The number of nitrogens with zero attached hydrogens (tertiary/aromatic N) is 2. The van der Waals surface area contributed by atoms with Crippen LogP contribution in [0.3, 0.4) is 0 Å². The molecule has 4 heteroatoms. The molecular formula is C22H24N2O2. The molecule has 0 aliphatic carbocycles. The van der Waals surface area contributed by atoms with E-state index < -0.39 is 0 Å². The van der Waals surface area contributed by atoms with Crippen LogP contribution >= 0.6 is 0 Å². The highest BCUT2D eigenvalue weighted by atomic mass is 16.5. The predicted octanol–water partition coefficient (Wildman–Crippen LogP) is 4.73. The number of hydrogen-bond donors (Lipinski definition) is 0. The first-order valence-corrected chi connectivity index (χ1v) is 9.15. The van der Waals surface area contributed by atoms with Crippen LogP contribution < -0.4 is 14.4 Å². The van der Waals surface area contributed by atoms with Crippen molar-refractivity contribution in [2.45, 2.75) is 26.4 Å². The lowest BCUT2D eigenvalue weighted by Gasteiger charge is -2.20. The molecule has 2 aromatic carbocycles. The Balaban J connectivity index is 1.61. The molecular weight excluding hydrogens is 324 g/mol. The molecule has 1 aromatic heterocycles. The number of methoxy groups -OCH3 is 1. The Morgan fingerprint density at radius 2 is 1.77 bits per heavy atom. The standard InChI is InChI=1S/C22H24N2O2/c1-16-13-20(24-11-5-6-12-24)18-10-9-17(14-19(18)23-16)15-26-22-8-4-3-7-21(22)25-2/h3-4,7-10,13-14H,5-6,11-12,15H2,1-2H3. The van der Waals surface area contributed by atoms with Crippen molar-refractivity contribution < 1.29 is 9.47 Å². The summed E-state index contributed by atoms with van der Waals surface area (Å²) in [6.07, 6.45) is 2.54. The average molecular weight is 348 g/mol. The number of aryl methyl sites for hydroxylation is 1. The van der Waals surface area contributed by atoms with Crippen LogP contribution in [0.4, 0.5) is 5.69 Å². The van der Waals surface area contributed by atoms with Gasteiger partial charge in [-0.25, -0.2) is 0 Å². The van der Waals surface area contributed by atoms with E-state index >= 15 is 0 Å². The van der Waals surface area contributed by atoms with Crippen molar-refractivity contribution in [1.82, 2.24) is 4.98 Å². The second-order valence-corrected chi connectivity index (χ2v) is 6.77. The van der Waals surface area contributed by atoms with E-state index in [0.29, 0.717) is 6.61 Å². The summed E-state index contributed by atoms with van der Waals surface area (Å²) >= 11 is 0. The summed E-state index contributed by atoms with van der Waals surface area (Å²) in [6.45, 7) is 4.83. The number of hydrogen-bond acceptors (Lipinski definition) is 4. The van der Waals surface area contributed by atoms with Crippen molar-refractivity contribution >= 4 is 16.6 Å². The fourth-order valence-corrected chi connectivity index (χ4v) is 3.59. The summed E-state index contributed by atoms with van der Waals surface area (Å²) in [7, 11) is 1.66. The Morgan fingerprint density at radius 1 is 1.00 bits per heavy atom. The van der Waals surface area contributed by atoms with Gasteiger partial charge in [-0.15, -0.1) is 0 Å². The molecule has 0 amide bonds. The molecule has 0 spiro atoms. The minimum absolute atomic E-state index is 0.491. The number of para-hydroxylation sites is 2. The maximum Gasteiger partial charge on any atom is 0.161 e. The molecule has 134 valence electrons. The van der Waals surface area contributed by atoms with Gasteiger partial charge < -0.3 is 14.4 Å². The molecule has 4 nitrogen and oxygen atoms in total. The van der Waals surface area contributed by atoms with Gasteiger partial charge in [-0.2, -0.15) is 0 Å². The Labute approximate surface area is 154 Å². The summed E-state index contributed by atoms with van der Waals surface area (Å²) in [4.78, 5) is 7.22. The Hall–Kier alpha value is -2.75. The second kappa shape index (κ2) is 7.24. The molecule has 2 heterocycles. The van der Waals surface area contributed by atoms with Gasteiger partial charge in [0.1, 0.15) is 6.61 Å². The number of fused-ring (bicyclic) bond motifs is 1. The molecule has 1 saturated heterocycles. The van der Waals surface area contributed by atoms with Gasteiger partial charge >= 0.3 is 0 Å². The van der Waals surface area contributed by atoms with E-state index in [-0.39, 0.29) is 0 Å². The second-order valence-electron chi connectivity index (χ2n) is 6.77. The lowest BCUT2D eigenvalue weighted by molar-refractivity contribution is 0.284. The summed E-state index contributed by atoms with van der Waals surface area (Å²) in [5, 5.41) is 1.22. The van der Waals surface area contributed by atoms with Crippen molar-refractivity contribution in [1.29, 1.82) is 0 Å². The zero-order valence-electron chi connectivity index (χ0n) is 15.4. The molecule has 0 saturated carbocycles. The van der Waals surface area contributed by atoms with E-state index in [1.165, 1.54) is 23.9 Å². The van der Waals surface area contributed by atoms with Gasteiger partial charge in [-0.1, -0.05) is 24.3 Å². The zero-order valence-corrected chi connectivity index (χ0v) is 15.4. The number of rotatable bonds is 5. The van der Waals surface area contributed by atoms with Gasteiger partial charge in [-0.05, 0) is 49.6 Å². The fourth-order valence-electron chi connectivity index (χ4n) is 3.59. The predicted molar refractivity (Wildman–Crippen MR) is 105 cm³/mol. The van der Waals surface area contributed by atoms with Gasteiger partial charge in [0, 0.05) is 29.9 Å². The largest absolute Gasteiger partial charge is 0.493 e. The van der Waals surface area contributed by atoms with Gasteiger partial charge in [0.2, 0.25) is 0 Å². The van der Waals surface area contributed by atoms with E-state index in [1.54, 1.807) is 7.11 Å². The topological polar surface area (TPSA) is 34.6 Å². The van der Waals surface area contributed by atoms with Crippen molar-refractivity contribution in [3.05, 3.63) is 59.8 Å².